The van der Waals surface area contributed by atoms with Crippen LogP contribution in [0.25, 0.3) is 10.4 Å². The molecule has 1 N–H and O–H groups in total. The van der Waals surface area contributed by atoms with Crippen LogP contribution in [0.1, 0.15) is 89.9 Å². The Labute approximate surface area is 133 Å². The maximum atomic E-state index is 8.70. The third-order valence-electron chi connectivity index (χ3n) is 3.86. The van der Waals surface area contributed by atoms with E-state index in [1.807, 2.05) is 0 Å². The zero-order valence-corrected chi connectivity index (χ0v) is 14.6. The highest BCUT2D eigenvalue weighted by Gasteiger charge is 1.94. The highest BCUT2D eigenvalue weighted by Crippen LogP contribution is 2.13. The van der Waals surface area contributed by atoms with Crippen molar-refractivity contribution in [3.05, 3.63) is 10.4 Å². The summed E-state index contributed by atoms with van der Waals surface area (Å²) in [5, 5.41) is 3.55. The summed E-state index contributed by atoms with van der Waals surface area (Å²) in [6.07, 6.45) is 18.4. The van der Waals surface area contributed by atoms with Crippen molar-refractivity contribution in [1.29, 1.82) is 0 Å². The minimum atomic E-state index is 0.150. The molecule has 0 aliphatic rings. The van der Waals surface area contributed by atoms with Gasteiger partial charge in [0.1, 0.15) is 0 Å². The molecule has 0 fully saturated rings. The molecule has 122 valence electrons. The predicted molar refractivity (Wildman–Crippen MR) is 91.4 cm³/mol. The Bertz CT molecular complexity index is 246. The molecule has 0 amide bonds. The molecule has 0 atom stereocenters. The molecule has 0 bridgehead atoms. The van der Waals surface area contributed by atoms with E-state index in [9.17, 15) is 0 Å². The Morgan fingerprint density at radius 1 is 0.667 bits per heavy atom. The van der Waals surface area contributed by atoms with Crippen LogP contribution in [-0.2, 0) is 0 Å². The van der Waals surface area contributed by atoms with Crippen molar-refractivity contribution in [2.75, 3.05) is 6.54 Å². The molecule has 0 saturated heterocycles. The Morgan fingerprint density at radius 3 is 1.43 bits per heavy atom. The molecule has 21 heavy (non-hydrogen) atoms. The molecule has 5 heteroatoms. The second kappa shape index (κ2) is 19.5. The summed E-state index contributed by atoms with van der Waals surface area (Å²) in [6, 6.07) is 1.01. The first-order valence-corrected chi connectivity index (χ1v) is 9.95. The van der Waals surface area contributed by atoms with Crippen LogP contribution in [0, 0.1) is 0 Å². The quantitative estimate of drug-likeness (QED) is 0.119. The highest BCUT2D eigenvalue weighted by molar-refractivity contribution is 6.25. The molecule has 4 nitrogen and oxygen atoms in total. The fraction of sp³-hybridized carbons (Fsp3) is 1.00. The van der Waals surface area contributed by atoms with Crippen LogP contribution in [0.15, 0.2) is 5.11 Å². The van der Waals surface area contributed by atoms with Gasteiger partial charge in [-0.3, -0.25) is 0 Å². The van der Waals surface area contributed by atoms with Crippen LogP contribution in [-0.4, -0.2) is 21.1 Å². The van der Waals surface area contributed by atoms with E-state index in [4.69, 9.17) is 10.3 Å². The predicted octanol–water partition coefficient (Wildman–Crippen LogP) is 5.79. The van der Waals surface area contributed by atoms with Crippen LogP contribution in [0.3, 0.4) is 0 Å². The van der Waals surface area contributed by atoms with Gasteiger partial charge in [-0.2, -0.15) is 0 Å². The molecule has 0 rings (SSSR count). The van der Waals surface area contributed by atoms with Crippen molar-refractivity contribution in [2.45, 2.75) is 95.9 Å². The molecule has 0 saturated carbocycles. The Morgan fingerprint density at radius 2 is 1.05 bits per heavy atom. The molecule has 0 aliphatic heterocycles. The van der Waals surface area contributed by atoms with Gasteiger partial charge in [-0.15, -0.1) is 0 Å². The van der Waals surface area contributed by atoms with Crippen molar-refractivity contribution in [2.24, 2.45) is 5.11 Å². The normalized spacial score (nSPS) is 10.5. The molecular formula is C16H33N3OSi. The summed E-state index contributed by atoms with van der Waals surface area (Å²) in [4.78, 5) is 11.5. The lowest BCUT2D eigenvalue weighted by atomic mass is 10.0. The van der Waals surface area contributed by atoms with E-state index in [2.05, 4.69) is 10.0 Å². The maximum Gasteiger partial charge on any atom is 0.224 e. The van der Waals surface area contributed by atoms with Gasteiger partial charge in [0.15, 0.2) is 0 Å². The van der Waals surface area contributed by atoms with Crippen LogP contribution in [0.4, 0.5) is 0 Å². The lowest BCUT2D eigenvalue weighted by Crippen LogP contribution is -1.86. The van der Waals surface area contributed by atoms with Gasteiger partial charge in [-0.05, 0) is 18.0 Å². The van der Waals surface area contributed by atoms with Crippen molar-refractivity contribution in [1.82, 2.24) is 0 Å². The SMILES string of the molecule is [N-]=[N+]=NCCCCCCCCCCCCCCCC[Si]O. The van der Waals surface area contributed by atoms with Gasteiger partial charge < -0.3 is 4.80 Å². The lowest BCUT2D eigenvalue weighted by molar-refractivity contribution is 0.534. The summed E-state index contributed by atoms with van der Waals surface area (Å²) in [6.45, 7) is 0.664. The first-order chi connectivity index (χ1) is 10.4. The fourth-order valence-electron chi connectivity index (χ4n) is 2.55. The van der Waals surface area contributed by atoms with Crippen molar-refractivity contribution in [3.8, 4) is 0 Å². The maximum absolute atomic E-state index is 8.70. The standard InChI is InChI=1S/C16H33N3OSi/c17-19-18-15-13-11-9-7-5-3-1-2-4-6-8-10-12-14-16-21-20/h20H,1-16H2. The summed E-state index contributed by atoms with van der Waals surface area (Å²) < 4.78 is 0. The van der Waals surface area contributed by atoms with Crippen LogP contribution in [0.2, 0.25) is 6.04 Å². The number of hydrogen-bond acceptors (Lipinski definition) is 2. The van der Waals surface area contributed by atoms with E-state index >= 15 is 0 Å². The van der Waals surface area contributed by atoms with E-state index in [0.29, 0.717) is 6.54 Å². The molecule has 0 unspecified atom stereocenters. The van der Waals surface area contributed by atoms with Crippen LogP contribution < -0.4 is 0 Å². The monoisotopic (exact) mass is 311 g/mol. The molecule has 0 aliphatic carbocycles. The number of nitrogens with zero attached hydrogens (tertiary/aromatic N) is 3. The molecule has 0 aromatic carbocycles. The average molecular weight is 312 g/mol. The van der Waals surface area contributed by atoms with E-state index < -0.39 is 0 Å². The largest absolute Gasteiger partial charge is 0.432 e. The minimum absolute atomic E-state index is 0.150. The molecule has 0 aromatic rings. The van der Waals surface area contributed by atoms with Gasteiger partial charge in [-0.25, -0.2) is 0 Å². The van der Waals surface area contributed by atoms with Gasteiger partial charge >= 0.3 is 0 Å². The Kier molecular flexibility index (Phi) is 19.0. The average Bonchev–Trinajstić information content (AvgIpc) is 2.50. The highest BCUT2D eigenvalue weighted by atomic mass is 28.2. The smallest absolute Gasteiger partial charge is 0.224 e. The third kappa shape index (κ3) is 19.5. The Balaban J connectivity index is 2.94. The first kappa shape index (κ1) is 20.5. The summed E-state index contributed by atoms with van der Waals surface area (Å²) in [5.41, 5.74) is 8.14. The second-order valence-electron chi connectivity index (χ2n) is 5.81. The fourth-order valence-corrected chi connectivity index (χ4v) is 2.96. The van der Waals surface area contributed by atoms with Crippen LogP contribution in [0.5, 0.6) is 0 Å². The van der Waals surface area contributed by atoms with Crippen molar-refractivity contribution < 1.29 is 4.80 Å². The molecule has 2 radical (unpaired) electrons. The van der Waals surface area contributed by atoms with Crippen LogP contribution >= 0.6 is 0 Å². The van der Waals surface area contributed by atoms with Gasteiger partial charge in [-0.1, -0.05) is 88.6 Å². The minimum Gasteiger partial charge on any atom is -0.432 e. The van der Waals surface area contributed by atoms with Crippen molar-refractivity contribution >= 4 is 9.76 Å². The third-order valence-corrected chi connectivity index (χ3v) is 4.44. The van der Waals surface area contributed by atoms with Gasteiger partial charge in [0.2, 0.25) is 9.76 Å². The van der Waals surface area contributed by atoms with Gasteiger partial charge in [0.05, 0.1) is 0 Å². The number of unbranched alkanes of at least 4 members (excludes halogenated alkanes) is 13. The number of azide groups is 1. The van der Waals surface area contributed by atoms with E-state index in [1.54, 1.807) is 0 Å². The molecule has 0 spiro atoms. The van der Waals surface area contributed by atoms with Crippen molar-refractivity contribution in [3.63, 3.8) is 0 Å². The topological polar surface area (TPSA) is 69.0 Å². The van der Waals surface area contributed by atoms with E-state index in [1.165, 1.54) is 83.5 Å². The molecular weight excluding hydrogens is 278 g/mol. The van der Waals surface area contributed by atoms with E-state index in [0.717, 1.165) is 12.5 Å². The van der Waals surface area contributed by atoms with Gasteiger partial charge in [0, 0.05) is 11.5 Å². The van der Waals surface area contributed by atoms with E-state index in [-0.39, 0.29) is 9.76 Å². The summed E-state index contributed by atoms with van der Waals surface area (Å²) in [7, 11) is 0.150. The summed E-state index contributed by atoms with van der Waals surface area (Å²) in [5.74, 6) is 0. The molecule has 0 heterocycles. The summed E-state index contributed by atoms with van der Waals surface area (Å²) >= 11 is 0. The number of hydrogen-bond donors (Lipinski definition) is 1. The Hall–Kier alpha value is -0.513. The second-order valence-corrected chi connectivity index (χ2v) is 6.63. The zero-order valence-electron chi connectivity index (χ0n) is 13.6. The molecule has 0 aromatic heterocycles. The van der Waals surface area contributed by atoms with Gasteiger partial charge in [0.25, 0.3) is 0 Å². The zero-order chi connectivity index (χ0) is 15.4. The lowest BCUT2D eigenvalue weighted by Gasteiger charge is -2.03. The first-order valence-electron chi connectivity index (χ1n) is 8.79. The number of rotatable bonds is 17.